The number of hydrogen-bond donors (Lipinski definition) is 1. The molecule has 0 bridgehead atoms. The number of anilines is 1. The lowest BCUT2D eigenvalue weighted by atomic mass is 10.1. The molecule has 1 saturated carbocycles. The molecule has 1 aliphatic carbocycles. The molecule has 1 fully saturated rings. The van der Waals surface area contributed by atoms with Gasteiger partial charge in [0.15, 0.2) is 0 Å². The minimum absolute atomic E-state index is 0.0136. The molecule has 5 heteroatoms. The molecule has 1 aromatic carbocycles. The molecular formula is C17H20ClN3O. The van der Waals surface area contributed by atoms with Crippen LogP contribution in [0.3, 0.4) is 0 Å². The fourth-order valence-corrected chi connectivity index (χ4v) is 3.22. The predicted molar refractivity (Wildman–Crippen MR) is 88.1 cm³/mol. The normalized spacial score (nSPS) is 15.1. The van der Waals surface area contributed by atoms with Gasteiger partial charge in [0.1, 0.15) is 5.82 Å². The maximum atomic E-state index is 12.2. The molecule has 0 spiro atoms. The Morgan fingerprint density at radius 2 is 2.14 bits per heavy atom. The Morgan fingerprint density at radius 3 is 2.91 bits per heavy atom. The Hall–Kier alpha value is -1.81. The summed E-state index contributed by atoms with van der Waals surface area (Å²) < 4.78 is 1.96. The zero-order chi connectivity index (χ0) is 15.4. The first-order valence-corrected chi connectivity index (χ1v) is 8.18. The maximum Gasteiger partial charge on any atom is 0.225 e. The van der Waals surface area contributed by atoms with E-state index in [-0.39, 0.29) is 5.91 Å². The lowest BCUT2D eigenvalue weighted by Crippen LogP contribution is -2.17. The first kappa shape index (κ1) is 15.1. The van der Waals surface area contributed by atoms with Crippen LogP contribution in [0.1, 0.15) is 43.7 Å². The fourth-order valence-electron chi connectivity index (χ4n) is 3.01. The Bertz CT molecular complexity index is 647. The van der Waals surface area contributed by atoms with Gasteiger partial charge in [-0.2, -0.15) is 5.10 Å². The summed E-state index contributed by atoms with van der Waals surface area (Å²) in [6, 6.07) is 9.93. The molecule has 3 rings (SSSR count). The summed E-state index contributed by atoms with van der Waals surface area (Å²) >= 11 is 5.96. The molecule has 1 aromatic heterocycles. The molecule has 1 N–H and O–H groups in total. The number of amides is 1. The van der Waals surface area contributed by atoms with Crippen LogP contribution in [-0.2, 0) is 11.2 Å². The van der Waals surface area contributed by atoms with Crippen LogP contribution >= 0.6 is 11.6 Å². The van der Waals surface area contributed by atoms with Crippen molar-refractivity contribution in [3.05, 3.63) is 47.1 Å². The van der Waals surface area contributed by atoms with E-state index in [0.29, 0.717) is 23.9 Å². The van der Waals surface area contributed by atoms with Gasteiger partial charge in [-0.25, -0.2) is 4.68 Å². The Morgan fingerprint density at radius 1 is 1.32 bits per heavy atom. The number of rotatable bonds is 5. The van der Waals surface area contributed by atoms with Gasteiger partial charge in [-0.05, 0) is 37.0 Å². The molecule has 2 aromatic rings. The topological polar surface area (TPSA) is 46.9 Å². The van der Waals surface area contributed by atoms with Crippen molar-refractivity contribution in [2.45, 2.75) is 44.6 Å². The average Bonchev–Trinajstić information content (AvgIpc) is 3.16. The Labute approximate surface area is 135 Å². The van der Waals surface area contributed by atoms with Crippen LogP contribution in [0.2, 0.25) is 5.02 Å². The van der Waals surface area contributed by atoms with Crippen molar-refractivity contribution in [2.75, 3.05) is 5.32 Å². The van der Waals surface area contributed by atoms with Crippen molar-refractivity contribution in [3.8, 4) is 0 Å². The fraction of sp³-hybridized carbons (Fsp3) is 0.412. The molecule has 4 nitrogen and oxygen atoms in total. The van der Waals surface area contributed by atoms with E-state index in [1.54, 1.807) is 6.20 Å². The van der Waals surface area contributed by atoms with Crippen LogP contribution in [-0.4, -0.2) is 15.7 Å². The van der Waals surface area contributed by atoms with Crippen molar-refractivity contribution in [3.63, 3.8) is 0 Å². The summed E-state index contributed by atoms with van der Waals surface area (Å²) in [5, 5.41) is 8.05. The van der Waals surface area contributed by atoms with Crippen molar-refractivity contribution >= 4 is 23.3 Å². The molecule has 1 heterocycles. The number of benzene rings is 1. The second-order valence-corrected chi connectivity index (χ2v) is 6.21. The maximum absolute atomic E-state index is 12.2. The van der Waals surface area contributed by atoms with Gasteiger partial charge < -0.3 is 5.32 Å². The van der Waals surface area contributed by atoms with Gasteiger partial charge in [0.2, 0.25) is 5.91 Å². The second-order valence-electron chi connectivity index (χ2n) is 5.78. The molecule has 1 amide bonds. The summed E-state index contributed by atoms with van der Waals surface area (Å²) in [5.74, 6) is 0.822. The molecule has 0 aliphatic heterocycles. The van der Waals surface area contributed by atoms with Crippen LogP contribution in [0.5, 0.6) is 0 Å². The number of aromatic nitrogens is 2. The minimum Gasteiger partial charge on any atom is -0.311 e. The summed E-state index contributed by atoms with van der Waals surface area (Å²) in [7, 11) is 0. The van der Waals surface area contributed by atoms with E-state index in [0.717, 1.165) is 24.2 Å². The van der Waals surface area contributed by atoms with E-state index in [1.165, 1.54) is 12.8 Å². The van der Waals surface area contributed by atoms with Crippen LogP contribution in [0, 0.1) is 0 Å². The van der Waals surface area contributed by atoms with E-state index >= 15 is 0 Å². The summed E-state index contributed by atoms with van der Waals surface area (Å²) in [4.78, 5) is 12.2. The highest BCUT2D eigenvalue weighted by molar-refractivity contribution is 6.30. The zero-order valence-corrected chi connectivity index (χ0v) is 13.2. The Balaban J connectivity index is 1.57. The third-order valence-corrected chi connectivity index (χ3v) is 4.37. The zero-order valence-electron chi connectivity index (χ0n) is 12.5. The number of aryl methyl sites for hydroxylation is 1. The highest BCUT2D eigenvalue weighted by atomic mass is 35.5. The highest BCUT2D eigenvalue weighted by Crippen LogP contribution is 2.31. The van der Waals surface area contributed by atoms with Gasteiger partial charge in [0.05, 0.1) is 12.2 Å². The van der Waals surface area contributed by atoms with Crippen LogP contribution in [0.4, 0.5) is 5.82 Å². The van der Waals surface area contributed by atoms with Crippen molar-refractivity contribution in [2.24, 2.45) is 0 Å². The standard InChI is InChI=1S/C17H20ClN3O/c18-14-5-3-4-13(12-14)8-9-17(22)20-16-10-11-19-21(16)15-6-1-2-7-15/h3-5,10-12,15H,1-2,6-9H2,(H,20,22). The lowest BCUT2D eigenvalue weighted by Gasteiger charge is -2.14. The molecule has 0 radical (unpaired) electrons. The van der Waals surface area contributed by atoms with Gasteiger partial charge in [-0.3, -0.25) is 4.79 Å². The lowest BCUT2D eigenvalue weighted by molar-refractivity contribution is -0.116. The number of carbonyl (C=O) groups excluding carboxylic acids is 1. The summed E-state index contributed by atoms with van der Waals surface area (Å²) in [6.45, 7) is 0. The molecule has 0 saturated heterocycles. The highest BCUT2D eigenvalue weighted by Gasteiger charge is 2.20. The minimum atomic E-state index is 0.0136. The van der Waals surface area contributed by atoms with Crippen LogP contribution in [0.15, 0.2) is 36.5 Å². The van der Waals surface area contributed by atoms with Gasteiger partial charge >= 0.3 is 0 Å². The number of hydrogen-bond acceptors (Lipinski definition) is 2. The van der Waals surface area contributed by atoms with Crippen molar-refractivity contribution in [1.29, 1.82) is 0 Å². The number of nitrogens with zero attached hydrogens (tertiary/aromatic N) is 2. The first-order valence-electron chi connectivity index (χ1n) is 7.80. The average molecular weight is 318 g/mol. The largest absolute Gasteiger partial charge is 0.311 e. The van der Waals surface area contributed by atoms with Crippen LogP contribution < -0.4 is 5.32 Å². The van der Waals surface area contributed by atoms with E-state index in [1.807, 2.05) is 35.0 Å². The van der Waals surface area contributed by atoms with E-state index < -0.39 is 0 Å². The van der Waals surface area contributed by atoms with E-state index in [9.17, 15) is 4.79 Å². The molecule has 116 valence electrons. The summed E-state index contributed by atoms with van der Waals surface area (Å²) in [6.07, 6.45) is 7.66. The van der Waals surface area contributed by atoms with Crippen molar-refractivity contribution in [1.82, 2.24) is 9.78 Å². The number of nitrogens with one attached hydrogen (secondary N) is 1. The second kappa shape index (κ2) is 6.97. The Kier molecular flexibility index (Phi) is 4.78. The van der Waals surface area contributed by atoms with Gasteiger partial charge in [0.25, 0.3) is 0 Å². The third kappa shape index (κ3) is 3.69. The first-order chi connectivity index (χ1) is 10.7. The van der Waals surface area contributed by atoms with Gasteiger partial charge in [-0.15, -0.1) is 0 Å². The van der Waals surface area contributed by atoms with Gasteiger partial charge in [-0.1, -0.05) is 36.6 Å². The molecular weight excluding hydrogens is 298 g/mol. The van der Waals surface area contributed by atoms with Crippen LogP contribution in [0.25, 0.3) is 0 Å². The smallest absolute Gasteiger partial charge is 0.225 e. The molecule has 0 atom stereocenters. The summed E-state index contributed by atoms with van der Waals surface area (Å²) in [5.41, 5.74) is 1.08. The predicted octanol–water partition coefficient (Wildman–Crippen LogP) is 4.22. The molecule has 1 aliphatic rings. The van der Waals surface area contributed by atoms with Crippen molar-refractivity contribution < 1.29 is 4.79 Å². The van der Waals surface area contributed by atoms with Gasteiger partial charge in [0, 0.05) is 17.5 Å². The monoisotopic (exact) mass is 317 g/mol. The quantitative estimate of drug-likeness (QED) is 0.897. The number of carbonyl (C=O) groups is 1. The SMILES string of the molecule is O=C(CCc1cccc(Cl)c1)Nc1ccnn1C1CCCC1. The molecule has 22 heavy (non-hydrogen) atoms. The number of halogens is 1. The van der Waals surface area contributed by atoms with E-state index in [4.69, 9.17) is 11.6 Å². The van der Waals surface area contributed by atoms with E-state index in [2.05, 4.69) is 10.4 Å². The third-order valence-electron chi connectivity index (χ3n) is 4.14. The molecule has 0 unspecified atom stereocenters.